The zero-order chi connectivity index (χ0) is 20.2. The molecule has 0 N–H and O–H groups in total. The molecule has 29 heavy (non-hydrogen) atoms. The average molecular weight is 393 g/mol. The van der Waals surface area contributed by atoms with Gasteiger partial charge in [0.05, 0.1) is 11.4 Å². The lowest BCUT2D eigenvalue weighted by Gasteiger charge is -2.12. The van der Waals surface area contributed by atoms with Crippen molar-refractivity contribution in [2.45, 2.75) is 52.9 Å². The minimum absolute atomic E-state index is 0.237. The van der Waals surface area contributed by atoms with Crippen LogP contribution in [0, 0.1) is 19.8 Å². The molecule has 152 valence electrons. The summed E-state index contributed by atoms with van der Waals surface area (Å²) in [5, 5.41) is 8.74. The topological polar surface area (TPSA) is 69.0 Å². The van der Waals surface area contributed by atoms with Crippen molar-refractivity contribution in [3.8, 4) is 0 Å². The first-order valence-corrected chi connectivity index (χ1v) is 10.5. The fraction of sp³-hybridized carbons (Fsp3) is 0.478. The van der Waals surface area contributed by atoms with E-state index in [9.17, 15) is 0 Å². The van der Waals surface area contributed by atoms with Gasteiger partial charge in [-0.2, -0.15) is 0 Å². The van der Waals surface area contributed by atoms with E-state index in [4.69, 9.17) is 9.68 Å². The van der Waals surface area contributed by atoms with Crippen LogP contribution in [0.15, 0.2) is 34.6 Å². The van der Waals surface area contributed by atoms with Crippen molar-refractivity contribution in [3.63, 3.8) is 0 Å². The second-order valence-corrected chi connectivity index (χ2v) is 7.86. The summed E-state index contributed by atoms with van der Waals surface area (Å²) in [6.07, 6.45) is 4.68. The van der Waals surface area contributed by atoms with E-state index in [2.05, 4.69) is 39.3 Å². The van der Waals surface area contributed by atoms with E-state index >= 15 is 0 Å². The number of fused-ring (bicyclic) bond motifs is 2. The van der Waals surface area contributed by atoms with Crippen molar-refractivity contribution < 1.29 is 9.68 Å². The van der Waals surface area contributed by atoms with Crippen LogP contribution in [0.25, 0.3) is 0 Å². The molecule has 0 saturated carbocycles. The highest BCUT2D eigenvalue weighted by molar-refractivity contribution is 6.03. The highest BCUT2D eigenvalue weighted by Gasteiger charge is 2.21. The molecular formula is C23H28N4O2. The number of aromatic nitrogens is 2. The van der Waals surface area contributed by atoms with E-state index in [0.717, 1.165) is 66.3 Å². The lowest BCUT2D eigenvalue weighted by atomic mass is 10.1. The third-order valence-electron chi connectivity index (χ3n) is 5.59. The standard InChI is InChI=1S/C23H28N4O2/c1-4-17(13-28-26-20-11-9-18-7-5-15(2)24-22(18)20)14-29-27-21-12-10-19-8-6-16(3)25-23(19)21/h5-8,17H,4,9-14H2,1-3H3. The van der Waals surface area contributed by atoms with Gasteiger partial charge in [0.2, 0.25) is 0 Å². The summed E-state index contributed by atoms with van der Waals surface area (Å²) in [5.41, 5.74) is 8.40. The summed E-state index contributed by atoms with van der Waals surface area (Å²) in [6, 6.07) is 8.38. The minimum atomic E-state index is 0.237. The molecule has 6 heteroatoms. The van der Waals surface area contributed by atoms with Crippen LogP contribution >= 0.6 is 0 Å². The molecule has 2 aliphatic carbocycles. The fourth-order valence-corrected chi connectivity index (χ4v) is 3.72. The van der Waals surface area contributed by atoms with Gasteiger partial charge in [-0.25, -0.2) is 0 Å². The van der Waals surface area contributed by atoms with Gasteiger partial charge in [0.15, 0.2) is 0 Å². The summed E-state index contributed by atoms with van der Waals surface area (Å²) in [4.78, 5) is 20.6. The van der Waals surface area contributed by atoms with Crippen molar-refractivity contribution in [3.05, 3.63) is 58.2 Å². The largest absolute Gasteiger partial charge is 0.395 e. The molecule has 4 rings (SSSR count). The van der Waals surface area contributed by atoms with E-state index in [1.54, 1.807) is 0 Å². The van der Waals surface area contributed by atoms with Crippen molar-refractivity contribution in [1.82, 2.24) is 9.97 Å². The third kappa shape index (κ3) is 4.47. The molecule has 0 radical (unpaired) electrons. The maximum Gasteiger partial charge on any atom is 0.123 e. The maximum absolute atomic E-state index is 5.67. The molecule has 0 amide bonds. The number of aryl methyl sites for hydroxylation is 4. The van der Waals surface area contributed by atoms with Crippen LogP contribution in [-0.4, -0.2) is 34.6 Å². The van der Waals surface area contributed by atoms with E-state index in [1.165, 1.54) is 11.1 Å². The summed E-state index contributed by atoms with van der Waals surface area (Å²) in [6.45, 7) is 7.16. The summed E-state index contributed by atoms with van der Waals surface area (Å²) < 4.78 is 0. The van der Waals surface area contributed by atoms with E-state index in [0.29, 0.717) is 13.2 Å². The van der Waals surface area contributed by atoms with Gasteiger partial charge < -0.3 is 9.68 Å². The number of oxime groups is 2. The van der Waals surface area contributed by atoms with Crippen LogP contribution in [0.3, 0.4) is 0 Å². The molecule has 6 nitrogen and oxygen atoms in total. The van der Waals surface area contributed by atoms with Crippen LogP contribution in [0.2, 0.25) is 0 Å². The van der Waals surface area contributed by atoms with Gasteiger partial charge in [-0.15, -0.1) is 0 Å². The lowest BCUT2D eigenvalue weighted by Crippen LogP contribution is -2.14. The van der Waals surface area contributed by atoms with Crippen LogP contribution in [0.1, 0.15) is 60.1 Å². The van der Waals surface area contributed by atoms with Gasteiger partial charge >= 0.3 is 0 Å². The van der Waals surface area contributed by atoms with E-state index < -0.39 is 0 Å². The Morgan fingerprint density at radius 3 is 1.72 bits per heavy atom. The Balaban J connectivity index is 1.30. The number of nitrogens with zero attached hydrogens (tertiary/aromatic N) is 4. The predicted molar refractivity (Wildman–Crippen MR) is 113 cm³/mol. The number of hydrogen-bond donors (Lipinski definition) is 0. The van der Waals surface area contributed by atoms with Gasteiger partial charge in [0.25, 0.3) is 0 Å². The molecule has 0 spiro atoms. The second kappa shape index (κ2) is 8.72. The Bertz CT molecular complexity index is 876. The van der Waals surface area contributed by atoms with E-state index in [-0.39, 0.29) is 5.92 Å². The zero-order valence-electron chi connectivity index (χ0n) is 17.4. The maximum atomic E-state index is 5.67. The normalized spacial score (nSPS) is 18.7. The molecule has 2 aliphatic rings. The Kier molecular flexibility index (Phi) is 5.88. The fourth-order valence-electron chi connectivity index (χ4n) is 3.72. The Morgan fingerprint density at radius 1 is 0.793 bits per heavy atom. The second-order valence-electron chi connectivity index (χ2n) is 7.86. The molecule has 2 aromatic rings. The molecule has 0 unspecified atom stereocenters. The predicted octanol–water partition coefficient (Wildman–Crippen LogP) is 4.15. The van der Waals surface area contributed by atoms with Gasteiger partial charge in [0.1, 0.15) is 24.6 Å². The number of hydrogen-bond acceptors (Lipinski definition) is 6. The first-order valence-electron chi connectivity index (χ1n) is 10.5. The van der Waals surface area contributed by atoms with Crippen LogP contribution in [-0.2, 0) is 22.5 Å². The van der Waals surface area contributed by atoms with Crippen molar-refractivity contribution in [2.75, 3.05) is 13.2 Å². The average Bonchev–Trinajstić information content (AvgIpc) is 3.30. The van der Waals surface area contributed by atoms with Crippen molar-refractivity contribution in [1.29, 1.82) is 0 Å². The minimum Gasteiger partial charge on any atom is -0.395 e. The van der Waals surface area contributed by atoms with Gasteiger partial charge in [-0.05, 0) is 69.2 Å². The molecule has 0 atom stereocenters. The summed E-state index contributed by atoms with van der Waals surface area (Å²) in [7, 11) is 0. The zero-order valence-corrected chi connectivity index (χ0v) is 17.4. The highest BCUT2D eigenvalue weighted by Crippen LogP contribution is 2.22. The van der Waals surface area contributed by atoms with Crippen molar-refractivity contribution >= 4 is 11.4 Å². The lowest BCUT2D eigenvalue weighted by molar-refractivity contribution is 0.0425. The Morgan fingerprint density at radius 2 is 1.28 bits per heavy atom. The summed E-state index contributed by atoms with van der Waals surface area (Å²) >= 11 is 0. The molecule has 0 bridgehead atoms. The van der Waals surface area contributed by atoms with Gasteiger partial charge in [-0.1, -0.05) is 29.4 Å². The van der Waals surface area contributed by atoms with Gasteiger partial charge in [-0.3, -0.25) is 9.97 Å². The monoisotopic (exact) mass is 392 g/mol. The molecule has 0 saturated heterocycles. The Labute approximate surface area is 172 Å². The first-order chi connectivity index (χ1) is 14.1. The smallest absolute Gasteiger partial charge is 0.123 e. The SMILES string of the molecule is CCC(CON=C1CCc2ccc(C)nc21)CON=C1CCc2ccc(C)nc21. The highest BCUT2D eigenvalue weighted by atomic mass is 16.6. The molecule has 0 fully saturated rings. The number of rotatable bonds is 7. The van der Waals surface area contributed by atoms with Gasteiger partial charge in [0, 0.05) is 17.3 Å². The Hall–Kier alpha value is -2.76. The molecule has 2 heterocycles. The molecule has 0 aliphatic heterocycles. The number of pyridine rings is 2. The van der Waals surface area contributed by atoms with Crippen LogP contribution in [0.4, 0.5) is 0 Å². The molecule has 2 aromatic heterocycles. The van der Waals surface area contributed by atoms with E-state index in [1.807, 2.05) is 26.0 Å². The van der Waals surface area contributed by atoms with Crippen LogP contribution < -0.4 is 0 Å². The first kappa shape index (κ1) is 19.6. The molecule has 0 aromatic carbocycles. The molecular weight excluding hydrogens is 364 g/mol. The van der Waals surface area contributed by atoms with Crippen molar-refractivity contribution in [2.24, 2.45) is 16.2 Å². The summed E-state index contributed by atoms with van der Waals surface area (Å²) in [5.74, 6) is 0.237. The quantitative estimate of drug-likeness (QED) is 0.664. The third-order valence-corrected chi connectivity index (χ3v) is 5.59. The van der Waals surface area contributed by atoms with Crippen LogP contribution in [0.5, 0.6) is 0 Å².